The Hall–Kier alpha value is -4.34. The minimum Gasteiger partial charge on any atom is -0.462 e. The van der Waals surface area contributed by atoms with Gasteiger partial charge in [-0.05, 0) is 49.2 Å². The average Bonchev–Trinajstić information content (AvgIpc) is 3.27. The van der Waals surface area contributed by atoms with Crippen LogP contribution in [0.2, 0.25) is 0 Å². The number of benzene rings is 2. The van der Waals surface area contributed by atoms with Gasteiger partial charge in [-0.1, -0.05) is 26.0 Å². The van der Waals surface area contributed by atoms with Crippen LogP contribution in [0.5, 0.6) is 0 Å². The number of carbonyl (C=O) groups is 2. The normalized spacial score (nSPS) is 11.1. The lowest BCUT2D eigenvalue weighted by Gasteiger charge is -2.13. The third-order valence-corrected chi connectivity index (χ3v) is 5.32. The van der Waals surface area contributed by atoms with Gasteiger partial charge in [-0.3, -0.25) is 9.59 Å². The Morgan fingerprint density at radius 1 is 1.11 bits per heavy atom. The Morgan fingerprint density at radius 3 is 2.51 bits per heavy atom. The van der Waals surface area contributed by atoms with E-state index in [-0.39, 0.29) is 35.8 Å². The van der Waals surface area contributed by atoms with Crippen LogP contribution in [0.3, 0.4) is 0 Å². The zero-order chi connectivity index (χ0) is 25.1. The van der Waals surface area contributed by atoms with Crippen molar-refractivity contribution in [2.75, 3.05) is 11.9 Å². The number of para-hydroxylation sites is 1. The highest BCUT2D eigenvalue weighted by molar-refractivity contribution is 6.01. The first-order chi connectivity index (χ1) is 16.8. The molecule has 2 heterocycles. The van der Waals surface area contributed by atoms with Crippen molar-refractivity contribution < 1.29 is 18.7 Å². The van der Waals surface area contributed by atoms with Gasteiger partial charge in [-0.25, -0.2) is 18.5 Å². The monoisotopic (exact) mass is 477 g/mol. The van der Waals surface area contributed by atoms with Gasteiger partial charge in [0.2, 0.25) is 5.91 Å². The molecule has 0 spiro atoms. The van der Waals surface area contributed by atoms with Crippen LogP contribution in [0, 0.1) is 5.82 Å². The van der Waals surface area contributed by atoms with E-state index in [0.717, 1.165) is 4.68 Å². The summed E-state index contributed by atoms with van der Waals surface area (Å²) < 4.78 is 20.9. The van der Waals surface area contributed by atoms with Crippen molar-refractivity contribution in [1.29, 1.82) is 0 Å². The van der Waals surface area contributed by atoms with Gasteiger partial charge in [0.05, 0.1) is 35.4 Å². The van der Waals surface area contributed by atoms with Crippen LogP contribution in [0.4, 0.5) is 10.1 Å². The Bertz CT molecular complexity index is 1460. The number of fused-ring (bicyclic) bond motifs is 1. The number of anilines is 1. The quantitative estimate of drug-likeness (QED) is 0.407. The maximum absolute atomic E-state index is 13.4. The second-order valence-electron chi connectivity index (χ2n) is 8.11. The molecule has 0 bridgehead atoms. The number of halogens is 1. The molecule has 1 amide bonds. The zero-order valence-corrected chi connectivity index (χ0v) is 19.5. The molecular weight excluding hydrogens is 453 g/mol. The number of ether oxygens (including phenoxy) is 1. The van der Waals surface area contributed by atoms with E-state index in [9.17, 15) is 18.8 Å². The summed E-state index contributed by atoms with van der Waals surface area (Å²) in [7, 11) is 0. The SMILES string of the molecule is CCOC(=O)c1ccccc1NC(=O)Cn1nc(C(C)C)c2cnn(-c3ccc(F)cc3)c2c1=O. The Kier molecular flexibility index (Phi) is 6.72. The third kappa shape index (κ3) is 4.81. The molecule has 0 atom stereocenters. The fraction of sp³-hybridized carbons (Fsp3) is 0.240. The van der Waals surface area contributed by atoms with Crippen LogP contribution < -0.4 is 10.9 Å². The summed E-state index contributed by atoms with van der Waals surface area (Å²) in [6.45, 7) is 5.33. The van der Waals surface area contributed by atoms with Gasteiger partial charge in [-0.15, -0.1) is 0 Å². The second kappa shape index (κ2) is 9.88. The molecule has 2 aromatic heterocycles. The van der Waals surface area contributed by atoms with Gasteiger partial charge >= 0.3 is 5.97 Å². The van der Waals surface area contributed by atoms with Crippen LogP contribution >= 0.6 is 0 Å². The largest absolute Gasteiger partial charge is 0.462 e. The van der Waals surface area contributed by atoms with E-state index in [0.29, 0.717) is 16.8 Å². The van der Waals surface area contributed by atoms with Gasteiger partial charge < -0.3 is 10.1 Å². The smallest absolute Gasteiger partial charge is 0.340 e. The van der Waals surface area contributed by atoms with Gasteiger partial charge in [0.25, 0.3) is 5.56 Å². The molecule has 0 saturated carbocycles. The Balaban J connectivity index is 1.72. The van der Waals surface area contributed by atoms with Crippen molar-refractivity contribution in [2.24, 2.45) is 0 Å². The zero-order valence-electron chi connectivity index (χ0n) is 19.5. The van der Waals surface area contributed by atoms with Crippen molar-refractivity contribution in [1.82, 2.24) is 19.6 Å². The van der Waals surface area contributed by atoms with E-state index < -0.39 is 23.3 Å². The summed E-state index contributed by atoms with van der Waals surface area (Å²) in [4.78, 5) is 38.5. The third-order valence-electron chi connectivity index (χ3n) is 5.32. The molecule has 0 aliphatic heterocycles. The number of esters is 1. The van der Waals surface area contributed by atoms with Crippen LogP contribution in [0.25, 0.3) is 16.6 Å². The number of nitrogens with zero attached hydrogens (tertiary/aromatic N) is 4. The van der Waals surface area contributed by atoms with Gasteiger partial charge in [0.15, 0.2) is 0 Å². The van der Waals surface area contributed by atoms with Crippen LogP contribution in [-0.2, 0) is 16.1 Å². The second-order valence-corrected chi connectivity index (χ2v) is 8.11. The number of amides is 1. The molecule has 0 aliphatic rings. The predicted octanol–water partition coefficient (Wildman–Crippen LogP) is 3.66. The fourth-order valence-corrected chi connectivity index (χ4v) is 3.71. The average molecular weight is 477 g/mol. The van der Waals surface area contributed by atoms with Crippen LogP contribution in [-0.4, -0.2) is 38.0 Å². The number of aromatic nitrogens is 4. The molecular formula is C25H24FN5O4. The number of carbonyl (C=O) groups excluding carboxylic acids is 2. The topological polar surface area (TPSA) is 108 Å². The Labute approximate surface area is 200 Å². The molecule has 0 aliphatic carbocycles. The van der Waals surface area contributed by atoms with E-state index in [2.05, 4.69) is 15.5 Å². The number of rotatable bonds is 7. The van der Waals surface area contributed by atoms with E-state index in [1.54, 1.807) is 37.4 Å². The summed E-state index contributed by atoms with van der Waals surface area (Å²) in [5.41, 5.74) is 1.27. The van der Waals surface area contributed by atoms with E-state index in [1.165, 1.54) is 28.9 Å². The van der Waals surface area contributed by atoms with E-state index in [1.807, 2.05) is 13.8 Å². The van der Waals surface area contributed by atoms with Crippen molar-refractivity contribution in [2.45, 2.75) is 33.2 Å². The molecule has 1 N–H and O–H groups in total. The minimum atomic E-state index is -0.564. The van der Waals surface area contributed by atoms with Gasteiger partial charge in [-0.2, -0.15) is 10.2 Å². The molecule has 2 aromatic carbocycles. The van der Waals surface area contributed by atoms with Gasteiger partial charge in [0, 0.05) is 5.39 Å². The molecule has 0 unspecified atom stereocenters. The maximum atomic E-state index is 13.4. The Morgan fingerprint density at radius 2 is 1.83 bits per heavy atom. The lowest BCUT2D eigenvalue weighted by molar-refractivity contribution is -0.117. The molecule has 9 nitrogen and oxygen atoms in total. The summed E-state index contributed by atoms with van der Waals surface area (Å²) in [5.74, 6) is -1.58. The van der Waals surface area contributed by atoms with E-state index >= 15 is 0 Å². The first kappa shape index (κ1) is 23.8. The summed E-state index contributed by atoms with van der Waals surface area (Å²) in [6, 6.07) is 12.0. The number of nitrogens with one attached hydrogen (secondary N) is 1. The summed E-state index contributed by atoms with van der Waals surface area (Å²) in [6.07, 6.45) is 1.54. The van der Waals surface area contributed by atoms with Crippen molar-refractivity contribution >= 4 is 28.5 Å². The first-order valence-electron chi connectivity index (χ1n) is 11.1. The summed E-state index contributed by atoms with van der Waals surface area (Å²) >= 11 is 0. The molecule has 180 valence electrons. The predicted molar refractivity (Wildman–Crippen MR) is 128 cm³/mol. The first-order valence-corrected chi connectivity index (χ1v) is 11.1. The lowest BCUT2D eigenvalue weighted by Crippen LogP contribution is -2.32. The maximum Gasteiger partial charge on any atom is 0.340 e. The molecule has 0 saturated heterocycles. The lowest BCUT2D eigenvalue weighted by atomic mass is 10.1. The van der Waals surface area contributed by atoms with Crippen LogP contribution in [0.1, 0.15) is 42.7 Å². The molecule has 4 rings (SSSR count). The highest BCUT2D eigenvalue weighted by Crippen LogP contribution is 2.23. The van der Waals surface area contributed by atoms with Crippen molar-refractivity contribution in [3.05, 3.63) is 82.2 Å². The van der Waals surface area contributed by atoms with Crippen molar-refractivity contribution in [3.8, 4) is 5.69 Å². The number of hydrogen-bond donors (Lipinski definition) is 1. The molecule has 0 radical (unpaired) electrons. The summed E-state index contributed by atoms with van der Waals surface area (Å²) in [5, 5.41) is 12.0. The number of hydrogen-bond acceptors (Lipinski definition) is 6. The highest BCUT2D eigenvalue weighted by atomic mass is 19.1. The van der Waals surface area contributed by atoms with Crippen molar-refractivity contribution in [3.63, 3.8) is 0 Å². The molecule has 4 aromatic rings. The molecule has 0 fully saturated rings. The standard InChI is InChI=1S/C25H24FN5O4/c1-4-35-25(34)18-7-5-6-8-20(18)28-21(32)14-30-24(33)23-19(22(29-30)15(2)3)13-27-31(23)17-11-9-16(26)10-12-17/h5-13,15H,4,14H2,1-3H3,(H,28,32). The molecule has 35 heavy (non-hydrogen) atoms. The fourth-order valence-electron chi connectivity index (χ4n) is 3.71. The van der Waals surface area contributed by atoms with E-state index in [4.69, 9.17) is 4.74 Å². The highest BCUT2D eigenvalue weighted by Gasteiger charge is 2.21. The minimum absolute atomic E-state index is 0.0668. The molecule has 10 heteroatoms. The van der Waals surface area contributed by atoms with Crippen LogP contribution in [0.15, 0.2) is 59.5 Å². The van der Waals surface area contributed by atoms with Gasteiger partial charge in [0.1, 0.15) is 17.9 Å².